The average Bonchev–Trinajstić information content (AvgIpc) is 3.14. The number of ether oxygens (including phenoxy) is 1. The highest BCUT2D eigenvalue weighted by Crippen LogP contribution is 2.21. The van der Waals surface area contributed by atoms with Gasteiger partial charge < -0.3 is 4.74 Å². The van der Waals surface area contributed by atoms with Crippen molar-refractivity contribution in [3.05, 3.63) is 82.2 Å². The van der Waals surface area contributed by atoms with Crippen LogP contribution in [0.1, 0.15) is 17.0 Å². The van der Waals surface area contributed by atoms with Gasteiger partial charge in [-0.15, -0.1) is 11.3 Å². The van der Waals surface area contributed by atoms with Crippen LogP contribution < -0.4 is 4.74 Å². The van der Waals surface area contributed by atoms with E-state index in [1.807, 2.05) is 29.0 Å². The minimum absolute atomic E-state index is 0.326. The van der Waals surface area contributed by atoms with E-state index in [-0.39, 0.29) is 5.82 Å². The van der Waals surface area contributed by atoms with E-state index in [0.29, 0.717) is 30.2 Å². The predicted molar refractivity (Wildman–Crippen MR) is 103 cm³/mol. The molecule has 0 atom stereocenters. The van der Waals surface area contributed by atoms with Gasteiger partial charge in [0.1, 0.15) is 16.9 Å². The van der Waals surface area contributed by atoms with E-state index in [1.54, 1.807) is 18.3 Å². The molecule has 0 unspecified atom stereocenters. The van der Waals surface area contributed by atoms with Crippen molar-refractivity contribution in [2.75, 3.05) is 6.61 Å². The highest BCUT2D eigenvalue weighted by molar-refractivity contribution is 7.09. The van der Waals surface area contributed by atoms with Crippen molar-refractivity contribution in [2.45, 2.75) is 6.42 Å². The van der Waals surface area contributed by atoms with Gasteiger partial charge in [0.15, 0.2) is 5.69 Å². The van der Waals surface area contributed by atoms with Crippen molar-refractivity contribution in [3.8, 4) is 17.7 Å². The zero-order chi connectivity index (χ0) is 18.5. The predicted octanol–water partition coefficient (Wildman–Crippen LogP) is 4.25. The fourth-order valence-corrected chi connectivity index (χ4v) is 3.13. The van der Waals surface area contributed by atoms with Crippen molar-refractivity contribution < 1.29 is 9.13 Å². The Morgan fingerprint density at radius 2 is 1.89 bits per heavy atom. The summed E-state index contributed by atoms with van der Waals surface area (Å²) in [5, 5.41) is 3.82. The molecule has 1 aromatic carbocycles. The molecule has 0 aliphatic carbocycles. The second kappa shape index (κ2) is 7.94. The molecule has 4 aromatic rings. The molecule has 0 fully saturated rings. The van der Waals surface area contributed by atoms with Gasteiger partial charge in [0.05, 0.1) is 6.61 Å². The lowest BCUT2D eigenvalue weighted by Gasteiger charge is -2.07. The zero-order valence-corrected chi connectivity index (χ0v) is 15.0. The fraction of sp³-hybridized carbons (Fsp3) is 0.0952. The number of nitrogens with zero attached hydrogens (tertiary/aromatic N) is 3. The summed E-state index contributed by atoms with van der Waals surface area (Å²) < 4.78 is 19.2. The molecule has 27 heavy (non-hydrogen) atoms. The third-order valence-electron chi connectivity index (χ3n) is 3.75. The normalized spacial score (nSPS) is 10.4. The number of hydrogen-bond donors (Lipinski definition) is 0. The van der Waals surface area contributed by atoms with Crippen LogP contribution in [0, 0.1) is 17.7 Å². The van der Waals surface area contributed by atoms with Crippen LogP contribution in [0.5, 0.6) is 5.88 Å². The van der Waals surface area contributed by atoms with Crippen LogP contribution in [0.4, 0.5) is 4.39 Å². The van der Waals surface area contributed by atoms with Crippen molar-refractivity contribution in [1.29, 1.82) is 0 Å². The molecule has 4 nitrogen and oxygen atoms in total. The van der Waals surface area contributed by atoms with Crippen molar-refractivity contribution in [2.24, 2.45) is 0 Å². The van der Waals surface area contributed by atoms with Crippen molar-refractivity contribution in [3.63, 3.8) is 0 Å². The van der Waals surface area contributed by atoms with E-state index in [1.165, 1.54) is 23.5 Å². The molecule has 3 heterocycles. The lowest BCUT2D eigenvalue weighted by molar-refractivity contribution is 0.307. The third-order valence-corrected chi connectivity index (χ3v) is 4.47. The van der Waals surface area contributed by atoms with E-state index in [0.717, 1.165) is 16.7 Å². The van der Waals surface area contributed by atoms with Gasteiger partial charge in [0.2, 0.25) is 5.88 Å². The Morgan fingerprint density at radius 1 is 1.00 bits per heavy atom. The highest BCUT2D eigenvalue weighted by Gasteiger charge is 2.09. The largest absolute Gasteiger partial charge is 0.475 e. The quantitative estimate of drug-likeness (QED) is 0.501. The van der Waals surface area contributed by atoms with Crippen LogP contribution in [-0.2, 0) is 6.42 Å². The molecule has 0 radical (unpaired) electrons. The molecular formula is C21H14FN3OS. The van der Waals surface area contributed by atoms with E-state index < -0.39 is 0 Å². The summed E-state index contributed by atoms with van der Waals surface area (Å²) in [4.78, 5) is 13.3. The maximum atomic E-state index is 13.3. The summed E-state index contributed by atoms with van der Waals surface area (Å²) in [6, 6.07) is 11.9. The number of rotatable bonds is 4. The minimum atomic E-state index is -0.326. The standard InChI is InChI=1S/C21H14FN3OS/c22-16-5-3-4-15(12-16)7-8-18-21(25-20-14-27-13-19(20)24-18)26-11-9-17-6-1-2-10-23-17/h1-6,10,12-14H,9,11H2. The number of thiophene rings is 1. The average molecular weight is 375 g/mol. The van der Waals surface area contributed by atoms with E-state index in [9.17, 15) is 4.39 Å². The Bertz CT molecular complexity index is 1130. The van der Waals surface area contributed by atoms with Crippen molar-refractivity contribution >= 4 is 22.4 Å². The number of aromatic nitrogens is 3. The first-order valence-electron chi connectivity index (χ1n) is 8.32. The number of halogens is 1. The van der Waals surface area contributed by atoms with E-state index in [2.05, 4.69) is 26.8 Å². The molecule has 0 saturated heterocycles. The number of hydrogen-bond acceptors (Lipinski definition) is 5. The lowest BCUT2D eigenvalue weighted by Crippen LogP contribution is -2.06. The summed E-state index contributed by atoms with van der Waals surface area (Å²) in [6.07, 6.45) is 2.41. The van der Waals surface area contributed by atoms with Crippen LogP contribution in [0.15, 0.2) is 59.4 Å². The second-order valence-corrected chi connectivity index (χ2v) is 6.44. The van der Waals surface area contributed by atoms with Gasteiger partial charge in [-0.3, -0.25) is 4.98 Å². The van der Waals surface area contributed by atoms with Crippen LogP contribution in [0.25, 0.3) is 11.0 Å². The first-order chi connectivity index (χ1) is 13.3. The molecule has 0 aliphatic heterocycles. The molecule has 0 bridgehead atoms. The first-order valence-corrected chi connectivity index (χ1v) is 9.26. The molecule has 0 spiro atoms. The number of pyridine rings is 1. The molecule has 0 N–H and O–H groups in total. The van der Waals surface area contributed by atoms with Crippen molar-refractivity contribution in [1.82, 2.24) is 15.0 Å². The molecule has 0 amide bonds. The maximum Gasteiger partial charge on any atom is 0.249 e. The molecule has 4 rings (SSSR count). The third kappa shape index (κ3) is 4.27. The van der Waals surface area contributed by atoms with Gasteiger partial charge in [-0.05, 0) is 36.3 Å². The topological polar surface area (TPSA) is 47.9 Å². The van der Waals surface area contributed by atoms with Gasteiger partial charge in [-0.1, -0.05) is 18.1 Å². The van der Waals surface area contributed by atoms with Gasteiger partial charge in [0.25, 0.3) is 0 Å². The van der Waals surface area contributed by atoms with Crippen LogP contribution >= 0.6 is 11.3 Å². The van der Waals surface area contributed by atoms with Crippen LogP contribution in [0.2, 0.25) is 0 Å². The van der Waals surface area contributed by atoms with Crippen LogP contribution in [0.3, 0.4) is 0 Å². The number of benzene rings is 1. The summed E-state index contributed by atoms with van der Waals surface area (Å²) in [7, 11) is 0. The van der Waals surface area contributed by atoms with Gasteiger partial charge in [0, 0.05) is 34.6 Å². The molecule has 0 aliphatic rings. The summed E-state index contributed by atoms with van der Waals surface area (Å²) in [6.45, 7) is 0.413. The van der Waals surface area contributed by atoms with Crippen LogP contribution in [-0.4, -0.2) is 21.6 Å². The Morgan fingerprint density at radius 3 is 2.70 bits per heavy atom. The molecule has 0 saturated carbocycles. The Hall–Kier alpha value is -3.30. The summed E-state index contributed by atoms with van der Waals surface area (Å²) >= 11 is 1.52. The molecule has 6 heteroatoms. The smallest absolute Gasteiger partial charge is 0.249 e. The monoisotopic (exact) mass is 375 g/mol. The molecule has 3 aromatic heterocycles. The van der Waals surface area contributed by atoms with E-state index in [4.69, 9.17) is 4.74 Å². The summed E-state index contributed by atoms with van der Waals surface area (Å²) in [5.74, 6) is 5.94. The summed E-state index contributed by atoms with van der Waals surface area (Å²) in [5.41, 5.74) is 3.48. The number of fused-ring (bicyclic) bond motifs is 1. The molecular weight excluding hydrogens is 361 g/mol. The zero-order valence-electron chi connectivity index (χ0n) is 14.2. The Balaban J connectivity index is 1.60. The fourth-order valence-electron chi connectivity index (χ4n) is 2.46. The molecule has 132 valence electrons. The SMILES string of the molecule is Fc1cccc(C#Cc2nc3cscc3nc2OCCc2ccccn2)c1. The second-order valence-electron chi connectivity index (χ2n) is 5.70. The van der Waals surface area contributed by atoms with E-state index >= 15 is 0 Å². The maximum absolute atomic E-state index is 13.3. The lowest BCUT2D eigenvalue weighted by atomic mass is 10.2. The minimum Gasteiger partial charge on any atom is -0.475 e. The Labute approximate surface area is 159 Å². The first kappa shape index (κ1) is 17.1. The van der Waals surface area contributed by atoms with Gasteiger partial charge >= 0.3 is 0 Å². The Kier molecular flexibility index (Phi) is 5.04. The van der Waals surface area contributed by atoms with Gasteiger partial charge in [-0.2, -0.15) is 0 Å². The highest BCUT2D eigenvalue weighted by atomic mass is 32.1. The van der Waals surface area contributed by atoms with Gasteiger partial charge in [-0.25, -0.2) is 14.4 Å².